The molecular weight excluding hydrogens is 250 g/mol. The van der Waals surface area contributed by atoms with Crippen LogP contribution in [0.4, 0.5) is 11.4 Å². The number of pyridine rings is 1. The Morgan fingerprint density at radius 3 is 2.95 bits per heavy atom. The smallest absolute Gasteiger partial charge is 0.0693 e. The SMILES string of the molecule is Cc1cc2c(NC3(C)CCCOC3)ccc(N)c2cn1. The van der Waals surface area contributed by atoms with Crippen molar-refractivity contribution in [2.75, 3.05) is 24.3 Å². The maximum absolute atomic E-state index is 6.05. The van der Waals surface area contributed by atoms with E-state index in [0.29, 0.717) is 0 Å². The van der Waals surface area contributed by atoms with Gasteiger partial charge < -0.3 is 15.8 Å². The van der Waals surface area contributed by atoms with Crippen LogP contribution >= 0.6 is 0 Å². The van der Waals surface area contributed by atoms with Crippen molar-refractivity contribution < 1.29 is 4.74 Å². The Kier molecular flexibility index (Phi) is 3.26. The van der Waals surface area contributed by atoms with Gasteiger partial charge in [0.15, 0.2) is 0 Å². The maximum atomic E-state index is 6.05. The third-order valence-corrected chi connectivity index (χ3v) is 3.95. The van der Waals surface area contributed by atoms with Gasteiger partial charge in [-0.05, 0) is 44.9 Å². The summed E-state index contributed by atoms with van der Waals surface area (Å²) in [5.41, 5.74) is 8.90. The highest BCUT2D eigenvalue weighted by atomic mass is 16.5. The van der Waals surface area contributed by atoms with Crippen molar-refractivity contribution in [3.8, 4) is 0 Å². The summed E-state index contributed by atoms with van der Waals surface area (Å²) in [6.45, 7) is 5.81. The topological polar surface area (TPSA) is 60.2 Å². The van der Waals surface area contributed by atoms with E-state index in [0.717, 1.165) is 53.9 Å². The van der Waals surface area contributed by atoms with Gasteiger partial charge in [0.25, 0.3) is 0 Å². The first-order valence-corrected chi connectivity index (χ1v) is 7.08. The molecule has 2 heterocycles. The number of ether oxygens (including phenoxy) is 1. The Morgan fingerprint density at radius 2 is 2.20 bits per heavy atom. The van der Waals surface area contributed by atoms with E-state index in [4.69, 9.17) is 10.5 Å². The summed E-state index contributed by atoms with van der Waals surface area (Å²) in [4.78, 5) is 4.34. The summed E-state index contributed by atoms with van der Waals surface area (Å²) in [5, 5.41) is 5.78. The molecule has 0 aliphatic carbocycles. The van der Waals surface area contributed by atoms with Crippen molar-refractivity contribution in [2.45, 2.75) is 32.2 Å². The van der Waals surface area contributed by atoms with Crippen molar-refractivity contribution in [1.29, 1.82) is 0 Å². The molecule has 4 heteroatoms. The van der Waals surface area contributed by atoms with Gasteiger partial charge in [-0.15, -0.1) is 0 Å². The van der Waals surface area contributed by atoms with E-state index in [-0.39, 0.29) is 5.54 Å². The Labute approximate surface area is 119 Å². The molecule has 3 rings (SSSR count). The zero-order chi connectivity index (χ0) is 14.2. The molecule has 1 aromatic heterocycles. The molecule has 1 atom stereocenters. The number of fused-ring (bicyclic) bond motifs is 1. The van der Waals surface area contributed by atoms with Crippen LogP contribution < -0.4 is 11.1 Å². The minimum Gasteiger partial charge on any atom is -0.398 e. The Balaban J connectivity index is 2.03. The van der Waals surface area contributed by atoms with Gasteiger partial charge in [-0.3, -0.25) is 4.98 Å². The molecule has 106 valence electrons. The third-order valence-electron chi connectivity index (χ3n) is 3.95. The van der Waals surface area contributed by atoms with Crippen LogP contribution in [0.1, 0.15) is 25.5 Å². The molecule has 1 saturated heterocycles. The number of hydrogen-bond acceptors (Lipinski definition) is 4. The Morgan fingerprint density at radius 1 is 1.35 bits per heavy atom. The van der Waals surface area contributed by atoms with Crippen LogP contribution in [0, 0.1) is 6.92 Å². The summed E-state index contributed by atoms with van der Waals surface area (Å²) in [6.07, 6.45) is 4.06. The molecule has 1 unspecified atom stereocenters. The summed E-state index contributed by atoms with van der Waals surface area (Å²) >= 11 is 0. The van der Waals surface area contributed by atoms with Crippen LogP contribution in [-0.2, 0) is 4.74 Å². The number of nitrogen functional groups attached to an aromatic ring is 1. The lowest BCUT2D eigenvalue weighted by Gasteiger charge is -2.35. The number of aromatic nitrogens is 1. The second kappa shape index (κ2) is 4.94. The standard InChI is InChI=1S/C16H21N3O/c1-11-8-12-13(9-18-11)14(17)4-5-15(12)19-16(2)6-3-7-20-10-16/h4-5,8-9,19H,3,6-7,10,17H2,1-2H3. The highest BCUT2D eigenvalue weighted by Crippen LogP contribution is 2.32. The molecule has 0 bridgehead atoms. The van der Waals surface area contributed by atoms with E-state index in [2.05, 4.69) is 29.4 Å². The number of hydrogen-bond donors (Lipinski definition) is 2. The minimum atomic E-state index is -0.0154. The molecule has 1 aromatic carbocycles. The molecule has 4 nitrogen and oxygen atoms in total. The molecule has 0 amide bonds. The quantitative estimate of drug-likeness (QED) is 0.824. The van der Waals surface area contributed by atoms with E-state index < -0.39 is 0 Å². The first kappa shape index (κ1) is 13.2. The number of nitrogens with two attached hydrogens (primary N) is 1. The summed E-state index contributed by atoms with van der Waals surface area (Å²) in [5.74, 6) is 0. The van der Waals surface area contributed by atoms with Gasteiger partial charge in [0.1, 0.15) is 0 Å². The molecule has 0 saturated carbocycles. The zero-order valence-corrected chi connectivity index (χ0v) is 12.1. The monoisotopic (exact) mass is 271 g/mol. The second-order valence-corrected chi connectivity index (χ2v) is 5.92. The fourth-order valence-corrected chi connectivity index (χ4v) is 2.83. The van der Waals surface area contributed by atoms with Gasteiger partial charge in [-0.1, -0.05) is 0 Å². The number of aryl methyl sites for hydroxylation is 1. The van der Waals surface area contributed by atoms with Crippen LogP contribution in [0.15, 0.2) is 24.4 Å². The van der Waals surface area contributed by atoms with Crippen molar-refractivity contribution in [1.82, 2.24) is 4.98 Å². The number of rotatable bonds is 2. The Bertz CT molecular complexity index is 633. The lowest BCUT2D eigenvalue weighted by Crippen LogP contribution is -2.43. The number of anilines is 2. The predicted molar refractivity (Wildman–Crippen MR) is 83.0 cm³/mol. The maximum Gasteiger partial charge on any atom is 0.0693 e. The average Bonchev–Trinajstić information content (AvgIpc) is 2.43. The Hall–Kier alpha value is -1.81. The minimum absolute atomic E-state index is 0.0154. The van der Waals surface area contributed by atoms with Crippen LogP contribution in [0.5, 0.6) is 0 Å². The fourth-order valence-electron chi connectivity index (χ4n) is 2.83. The highest BCUT2D eigenvalue weighted by molar-refractivity contribution is 6.01. The summed E-state index contributed by atoms with van der Waals surface area (Å²) in [6, 6.07) is 6.08. The number of nitrogens with zero attached hydrogens (tertiary/aromatic N) is 1. The van der Waals surface area contributed by atoms with Crippen molar-refractivity contribution >= 4 is 22.1 Å². The molecule has 0 radical (unpaired) electrons. The van der Waals surface area contributed by atoms with E-state index in [1.54, 1.807) is 0 Å². The highest BCUT2D eigenvalue weighted by Gasteiger charge is 2.27. The largest absolute Gasteiger partial charge is 0.398 e. The van der Waals surface area contributed by atoms with E-state index >= 15 is 0 Å². The van der Waals surface area contributed by atoms with E-state index in [1.807, 2.05) is 19.2 Å². The van der Waals surface area contributed by atoms with Crippen LogP contribution in [0.25, 0.3) is 10.8 Å². The lowest BCUT2D eigenvalue weighted by molar-refractivity contribution is 0.0541. The van der Waals surface area contributed by atoms with E-state index in [1.165, 1.54) is 0 Å². The van der Waals surface area contributed by atoms with Crippen LogP contribution in [-0.4, -0.2) is 23.7 Å². The van der Waals surface area contributed by atoms with E-state index in [9.17, 15) is 0 Å². The zero-order valence-electron chi connectivity index (χ0n) is 12.1. The normalized spacial score (nSPS) is 22.9. The van der Waals surface area contributed by atoms with Crippen LogP contribution in [0.2, 0.25) is 0 Å². The van der Waals surface area contributed by atoms with Crippen LogP contribution in [0.3, 0.4) is 0 Å². The van der Waals surface area contributed by atoms with Crippen molar-refractivity contribution in [2.24, 2.45) is 0 Å². The summed E-state index contributed by atoms with van der Waals surface area (Å²) < 4.78 is 5.62. The first-order valence-electron chi connectivity index (χ1n) is 7.08. The molecule has 0 spiro atoms. The second-order valence-electron chi connectivity index (χ2n) is 5.92. The molecule has 2 aromatic rings. The summed E-state index contributed by atoms with van der Waals surface area (Å²) in [7, 11) is 0. The van der Waals surface area contributed by atoms with Gasteiger partial charge in [0.05, 0.1) is 12.1 Å². The lowest BCUT2D eigenvalue weighted by atomic mass is 9.94. The molecule has 1 fully saturated rings. The van der Waals surface area contributed by atoms with Crippen molar-refractivity contribution in [3.05, 3.63) is 30.1 Å². The van der Waals surface area contributed by atoms with Gasteiger partial charge in [-0.25, -0.2) is 0 Å². The fraction of sp³-hybridized carbons (Fsp3) is 0.438. The van der Waals surface area contributed by atoms with Gasteiger partial charge in [-0.2, -0.15) is 0 Å². The first-order chi connectivity index (χ1) is 9.57. The number of benzene rings is 1. The predicted octanol–water partition coefficient (Wildman–Crippen LogP) is 3.11. The van der Waals surface area contributed by atoms with Gasteiger partial charge in [0.2, 0.25) is 0 Å². The third kappa shape index (κ3) is 2.43. The molecular formula is C16H21N3O. The average molecular weight is 271 g/mol. The van der Waals surface area contributed by atoms with Gasteiger partial charge in [0, 0.05) is 40.6 Å². The molecule has 20 heavy (non-hydrogen) atoms. The molecule has 1 aliphatic heterocycles. The van der Waals surface area contributed by atoms with Crippen molar-refractivity contribution in [3.63, 3.8) is 0 Å². The number of nitrogens with one attached hydrogen (secondary N) is 1. The molecule has 3 N–H and O–H groups in total. The molecule has 1 aliphatic rings. The van der Waals surface area contributed by atoms with Gasteiger partial charge >= 0.3 is 0 Å².